The van der Waals surface area contributed by atoms with E-state index in [1.807, 2.05) is 0 Å². The van der Waals surface area contributed by atoms with E-state index in [-0.39, 0.29) is 104 Å². The molecule has 0 fully saturated rings. The number of azo groups is 1. The van der Waals surface area contributed by atoms with Crippen LogP contribution in [0.2, 0.25) is 0 Å². The summed E-state index contributed by atoms with van der Waals surface area (Å²) in [7, 11) is -13.4. The molecule has 39 heavy (non-hydrogen) atoms. The van der Waals surface area contributed by atoms with Crippen molar-refractivity contribution in [1.82, 2.24) is 9.78 Å². The van der Waals surface area contributed by atoms with E-state index in [9.17, 15) is 35.2 Å². The zero-order valence-corrected chi connectivity index (χ0v) is 27.8. The third-order valence-electron chi connectivity index (χ3n) is 4.51. The van der Waals surface area contributed by atoms with Crippen LogP contribution in [0.1, 0.15) is 5.69 Å². The molecular weight excluding hydrogens is 654 g/mol. The van der Waals surface area contributed by atoms with Crippen LogP contribution in [0, 0.1) is 6.92 Å². The minimum atomic E-state index is -4.83. The van der Waals surface area contributed by atoms with Crippen molar-refractivity contribution in [3.8, 4) is 11.4 Å². The van der Waals surface area contributed by atoms with Gasteiger partial charge in [-0.2, -0.15) is 21.9 Å². The Labute approximate surface area is 277 Å². The van der Waals surface area contributed by atoms with Crippen molar-refractivity contribution >= 4 is 41.7 Å². The van der Waals surface area contributed by atoms with E-state index in [0.717, 1.165) is 35.0 Å². The number of phenols is 1. The van der Waals surface area contributed by atoms with Gasteiger partial charge >= 0.3 is 69.5 Å². The molecule has 21 heteroatoms. The van der Waals surface area contributed by atoms with Gasteiger partial charge in [-0.1, -0.05) is 12.6 Å². The Morgan fingerprint density at radius 1 is 0.974 bits per heavy atom. The van der Waals surface area contributed by atoms with E-state index < -0.39 is 58.9 Å². The average Bonchev–Trinajstić information content (AvgIpc) is 3.05. The van der Waals surface area contributed by atoms with Gasteiger partial charge in [-0.15, -0.1) is 5.69 Å². The third-order valence-corrected chi connectivity index (χ3v) is 7.52. The number of benzene rings is 2. The second kappa shape index (κ2) is 14.8. The predicted molar refractivity (Wildman–Crippen MR) is 122 cm³/mol. The van der Waals surface area contributed by atoms with Crippen molar-refractivity contribution in [2.24, 2.45) is 10.2 Å². The molecule has 0 saturated heterocycles. The van der Waals surface area contributed by atoms with Gasteiger partial charge in [0.15, 0.2) is 9.84 Å². The van der Waals surface area contributed by atoms with Gasteiger partial charge in [-0.05, 0) is 42.5 Å². The summed E-state index contributed by atoms with van der Waals surface area (Å²) in [5, 5.41) is 21.5. The molecule has 3 aromatic rings. The molecule has 15 nitrogen and oxygen atoms in total. The zero-order valence-electron chi connectivity index (χ0n) is 20.4. The largest absolute Gasteiger partial charge is 1.00 e. The first kappa shape index (κ1) is 38.1. The first-order chi connectivity index (χ1) is 16.6. The van der Waals surface area contributed by atoms with Crippen molar-refractivity contribution < 1.29 is 120 Å². The number of sulfone groups is 1. The minimum Gasteiger partial charge on any atom is -0.506 e. The number of aromatic nitrogens is 2. The van der Waals surface area contributed by atoms with Gasteiger partial charge in [-0.25, -0.2) is 22.4 Å². The number of nitrogens with zero attached hydrogens (tertiary/aromatic N) is 4. The zero-order chi connectivity index (χ0) is 26.9. The van der Waals surface area contributed by atoms with Crippen LogP contribution in [-0.2, 0) is 51.6 Å². The maximum Gasteiger partial charge on any atom is 1.00 e. The molecule has 2 aromatic carbocycles. The maximum absolute atomic E-state index is 12.7. The number of phenolic OH excluding ortho intramolecular Hbond substituents is 1. The Balaban J connectivity index is 0.00000481. The molecule has 1 heterocycles. The molecule has 3 rings (SSSR count). The number of aromatic hydroxyl groups is 1. The fraction of sp³-hybridized carbons (Fsp3) is 0.167. The van der Waals surface area contributed by atoms with E-state index in [4.69, 9.17) is 9.11 Å². The van der Waals surface area contributed by atoms with Crippen molar-refractivity contribution in [2.75, 3.05) is 12.4 Å². The van der Waals surface area contributed by atoms with Crippen LogP contribution in [-0.4, -0.2) is 61.6 Å². The molecule has 0 atom stereocenters. The Hall–Kier alpha value is -0.901. The summed E-state index contributed by atoms with van der Waals surface area (Å²) in [6.45, 7) is 0.566. The van der Waals surface area contributed by atoms with Gasteiger partial charge in [0, 0.05) is 17.1 Å². The second-order valence-electron chi connectivity index (χ2n) is 7.04. The van der Waals surface area contributed by atoms with Crippen LogP contribution >= 0.6 is 0 Å². The van der Waals surface area contributed by atoms with E-state index in [1.54, 1.807) is 0 Å². The van der Waals surface area contributed by atoms with E-state index in [1.165, 1.54) is 19.1 Å². The fourth-order valence-electron chi connectivity index (χ4n) is 2.79. The van der Waals surface area contributed by atoms with Crippen LogP contribution in [0.5, 0.6) is 5.75 Å². The molecular formula is C18H17CuN4Na2O11S3+. The minimum absolute atomic E-state index is 0. The van der Waals surface area contributed by atoms with Gasteiger partial charge < -0.3 is 15.0 Å². The maximum atomic E-state index is 12.7. The van der Waals surface area contributed by atoms with Crippen molar-refractivity contribution in [1.29, 1.82) is 0 Å². The molecule has 0 amide bonds. The van der Waals surface area contributed by atoms with Crippen LogP contribution in [0.3, 0.4) is 0 Å². The molecule has 205 valence electrons. The quantitative estimate of drug-likeness (QED) is 0.0843. The first-order valence-electron chi connectivity index (χ1n) is 9.52. The third kappa shape index (κ3) is 10.2. The topological polar surface area (TPSA) is 232 Å². The molecule has 1 aromatic heterocycles. The molecule has 0 spiro atoms. The fourth-order valence-corrected chi connectivity index (χ4v) is 4.78. The van der Waals surface area contributed by atoms with Crippen LogP contribution < -0.4 is 64.7 Å². The molecule has 3 N–H and O–H groups in total. The monoisotopic (exact) mass is 670 g/mol. The predicted octanol–water partition coefficient (Wildman–Crippen LogP) is -4.77. The van der Waals surface area contributed by atoms with Crippen LogP contribution in [0.4, 0.5) is 11.4 Å². The average molecular weight is 671 g/mol. The van der Waals surface area contributed by atoms with Gasteiger partial charge in [0.1, 0.15) is 17.0 Å². The Morgan fingerprint density at radius 3 is 2.08 bits per heavy atom. The number of hydrogen-bond acceptors (Lipinski definition) is 12. The Morgan fingerprint density at radius 2 is 1.54 bits per heavy atom. The molecule has 0 saturated carbocycles. The van der Waals surface area contributed by atoms with E-state index in [0.29, 0.717) is 0 Å². The molecule has 1 radical (unpaired) electrons. The van der Waals surface area contributed by atoms with E-state index in [2.05, 4.69) is 19.5 Å². The van der Waals surface area contributed by atoms with Gasteiger partial charge in [-0.3, -0.25) is 9.11 Å². The molecule has 0 bridgehead atoms. The summed E-state index contributed by atoms with van der Waals surface area (Å²) in [5.41, 5.74) is -1.10. The number of rotatable bonds is 9. The van der Waals surface area contributed by atoms with Gasteiger partial charge in [0.25, 0.3) is 10.1 Å². The molecule has 0 aliphatic rings. The van der Waals surface area contributed by atoms with Gasteiger partial charge in [0.2, 0.25) is 0 Å². The summed E-state index contributed by atoms with van der Waals surface area (Å²) in [4.78, 5) is 12.0. The molecule has 0 aliphatic carbocycles. The van der Waals surface area contributed by atoms with Crippen LogP contribution in [0.25, 0.3) is 5.69 Å². The summed E-state index contributed by atoms with van der Waals surface area (Å²) < 4.78 is 90.8. The summed E-state index contributed by atoms with van der Waals surface area (Å²) >= 11 is 0. The second-order valence-corrected chi connectivity index (χ2v) is 11.7. The van der Waals surface area contributed by atoms with Gasteiger partial charge in [0.05, 0.1) is 27.8 Å². The van der Waals surface area contributed by atoms with Crippen molar-refractivity contribution in [2.45, 2.75) is 16.7 Å². The number of hydrogen-bond donors (Lipinski definition) is 3. The Kier molecular flexibility index (Phi) is 14.5. The Bertz CT molecular complexity index is 1720. The summed E-state index contributed by atoms with van der Waals surface area (Å²) in [6, 6.07) is 7.53. The summed E-state index contributed by atoms with van der Waals surface area (Å²) in [6.07, 6.45) is 0. The van der Waals surface area contributed by atoms with Crippen LogP contribution in [0.15, 0.2) is 67.3 Å². The SMILES string of the molecule is Cc1nn(-c2ccc(S(=O)(=O)O)cc2)c(=O)[c-]1N=Nc1cc(S(=O)(=O)CCOS(=O)(=O)O)ccc1O.[Cu].[Na+].[Na+]. The normalized spacial score (nSPS) is 11.9. The van der Waals surface area contributed by atoms with Crippen molar-refractivity contribution in [3.63, 3.8) is 0 Å². The standard InChI is InChI=1S/C18H17N4O11S3.Cu.2Na/c1-11-17(18(24)22(21-11)12-2-4-13(5-3-12)35(27,28)29)20-19-15-10-14(6-7-16(15)23)34(25,26)9-8-33-36(30,31)32;;;/h2-7,10,23H,8-9H2,1H3,(H,27,28,29)(H,30,31,32);;;/q-1;;2*+1. The summed E-state index contributed by atoms with van der Waals surface area (Å²) in [5.74, 6) is -1.30. The first-order valence-corrected chi connectivity index (χ1v) is 14.0. The van der Waals surface area contributed by atoms with Crippen molar-refractivity contribution in [3.05, 3.63) is 58.5 Å². The molecule has 0 unspecified atom stereocenters. The smallest absolute Gasteiger partial charge is 0.506 e. The number of aryl methyl sites for hydroxylation is 1. The molecule has 0 aliphatic heterocycles. The van der Waals surface area contributed by atoms with E-state index >= 15 is 0 Å².